The number of ether oxygens (including phenoxy) is 1. The molecule has 0 bridgehead atoms. The summed E-state index contributed by atoms with van der Waals surface area (Å²) in [5.74, 6) is -2.52. The van der Waals surface area contributed by atoms with Crippen LogP contribution < -0.4 is 0 Å². The highest BCUT2D eigenvalue weighted by molar-refractivity contribution is 5.69. The molecule has 1 unspecified atom stereocenters. The lowest BCUT2D eigenvalue weighted by Crippen LogP contribution is -2.21. The summed E-state index contributed by atoms with van der Waals surface area (Å²) in [6.07, 6.45) is 5.58. The lowest BCUT2D eigenvalue weighted by molar-refractivity contribution is -0.281. The van der Waals surface area contributed by atoms with E-state index in [2.05, 4.69) is 4.89 Å². The van der Waals surface area contributed by atoms with Crippen LogP contribution in [0.4, 0.5) is 0 Å². The van der Waals surface area contributed by atoms with Crippen molar-refractivity contribution in [1.29, 1.82) is 0 Å². The van der Waals surface area contributed by atoms with Crippen LogP contribution >= 0.6 is 0 Å². The number of hydrogen-bond acceptors (Lipinski definition) is 7. The first-order chi connectivity index (χ1) is 13.3. The minimum atomic E-state index is -0.821. The summed E-state index contributed by atoms with van der Waals surface area (Å²) in [4.78, 5) is 53.2. The lowest BCUT2D eigenvalue weighted by atomic mass is 10.1. The van der Waals surface area contributed by atoms with E-state index < -0.39 is 24.0 Å². The highest BCUT2D eigenvalue weighted by Gasteiger charge is 2.12. The van der Waals surface area contributed by atoms with Gasteiger partial charge in [-0.2, -0.15) is 4.89 Å². The van der Waals surface area contributed by atoms with Gasteiger partial charge >= 0.3 is 23.9 Å². The molecule has 28 heavy (non-hydrogen) atoms. The maximum atomic E-state index is 11.6. The summed E-state index contributed by atoms with van der Waals surface area (Å²) in [6, 6.07) is 0. The molecule has 0 radical (unpaired) electrons. The average molecular weight is 404 g/mol. The number of hydrogen-bond donors (Lipinski definition) is 2. The molecule has 0 saturated carbocycles. The maximum absolute atomic E-state index is 11.6. The highest BCUT2D eigenvalue weighted by Crippen LogP contribution is 2.08. The fourth-order valence-electron chi connectivity index (χ4n) is 2.35. The van der Waals surface area contributed by atoms with E-state index in [0.717, 1.165) is 25.7 Å². The Hall–Kier alpha value is -2.16. The lowest BCUT2D eigenvalue weighted by Gasteiger charge is -2.12. The highest BCUT2D eigenvalue weighted by atomic mass is 17.2. The third-order valence-corrected chi connectivity index (χ3v) is 3.83. The number of unbranched alkanes of at least 4 members (excludes halogenated alkanes) is 6. The van der Waals surface area contributed by atoms with Crippen LogP contribution in [0.2, 0.25) is 0 Å². The van der Waals surface area contributed by atoms with Gasteiger partial charge in [0.25, 0.3) is 0 Å². The van der Waals surface area contributed by atoms with Gasteiger partial charge in [-0.1, -0.05) is 25.7 Å². The van der Waals surface area contributed by atoms with Gasteiger partial charge in [-0.15, -0.1) is 0 Å². The minimum Gasteiger partial charge on any atom is -0.481 e. The zero-order valence-electron chi connectivity index (χ0n) is 16.5. The second-order valence-electron chi connectivity index (χ2n) is 6.66. The maximum Gasteiger partial charge on any atom is 0.342 e. The molecule has 0 rings (SSSR count). The molecular formula is C19H32O9. The van der Waals surface area contributed by atoms with Gasteiger partial charge < -0.3 is 14.9 Å². The molecule has 162 valence electrons. The Balaban J connectivity index is 3.55. The van der Waals surface area contributed by atoms with E-state index in [-0.39, 0.29) is 38.3 Å². The topological polar surface area (TPSA) is 136 Å². The van der Waals surface area contributed by atoms with Crippen molar-refractivity contribution in [2.24, 2.45) is 0 Å². The summed E-state index contributed by atoms with van der Waals surface area (Å²) < 4.78 is 5.12. The summed E-state index contributed by atoms with van der Waals surface area (Å²) in [5.41, 5.74) is 0. The molecular weight excluding hydrogens is 372 g/mol. The number of esters is 1. The monoisotopic (exact) mass is 404 g/mol. The van der Waals surface area contributed by atoms with Gasteiger partial charge in [0.2, 0.25) is 0 Å². The predicted octanol–water partition coefficient (Wildman–Crippen LogP) is 3.24. The SMILES string of the molecule is CC(COOC(=O)CCCCCCC(=O)O)OC(=O)CCCCCCC(=O)O. The van der Waals surface area contributed by atoms with E-state index in [1.54, 1.807) is 6.92 Å². The van der Waals surface area contributed by atoms with E-state index in [0.29, 0.717) is 25.7 Å². The number of carboxylic acid groups (broad SMARTS) is 2. The second-order valence-corrected chi connectivity index (χ2v) is 6.66. The molecule has 9 heteroatoms. The number of aliphatic carboxylic acids is 2. The molecule has 0 aliphatic heterocycles. The number of carbonyl (C=O) groups is 4. The van der Waals surface area contributed by atoms with Crippen molar-refractivity contribution < 1.29 is 43.9 Å². The molecule has 0 saturated heterocycles. The van der Waals surface area contributed by atoms with E-state index in [9.17, 15) is 19.2 Å². The van der Waals surface area contributed by atoms with Crippen molar-refractivity contribution in [1.82, 2.24) is 0 Å². The summed E-state index contributed by atoms with van der Waals surface area (Å²) in [6.45, 7) is 1.57. The van der Waals surface area contributed by atoms with Crippen LogP contribution in [-0.2, 0) is 33.7 Å². The third kappa shape index (κ3) is 18.6. The summed E-state index contributed by atoms with van der Waals surface area (Å²) in [7, 11) is 0. The largest absolute Gasteiger partial charge is 0.481 e. The van der Waals surface area contributed by atoms with Crippen LogP contribution in [0.3, 0.4) is 0 Å². The van der Waals surface area contributed by atoms with Crippen molar-refractivity contribution in [3.63, 3.8) is 0 Å². The van der Waals surface area contributed by atoms with Crippen LogP contribution in [0.25, 0.3) is 0 Å². The van der Waals surface area contributed by atoms with Crippen LogP contribution in [0.15, 0.2) is 0 Å². The van der Waals surface area contributed by atoms with E-state index in [1.807, 2.05) is 0 Å². The Morgan fingerprint density at radius 1 is 0.679 bits per heavy atom. The Bertz CT molecular complexity index is 476. The van der Waals surface area contributed by atoms with Gasteiger partial charge in [0.15, 0.2) is 0 Å². The van der Waals surface area contributed by atoms with Gasteiger partial charge in [0.05, 0.1) is 0 Å². The summed E-state index contributed by atoms with van der Waals surface area (Å²) >= 11 is 0. The first-order valence-electron chi connectivity index (χ1n) is 9.76. The smallest absolute Gasteiger partial charge is 0.342 e. The van der Waals surface area contributed by atoms with Gasteiger partial charge in [0, 0.05) is 25.7 Å². The molecule has 0 heterocycles. The van der Waals surface area contributed by atoms with Crippen LogP contribution in [0, 0.1) is 0 Å². The molecule has 0 aliphatic rings. The van der Waals surface area contributed by atoms with Crippen molar-refractivity contribution in [2.75, 3.05) is 6.61 Å². The number of rotatable bonds is 18. The zero-order chi connectivity index (χ0) is 21.2. The molecule has 0 aromatic rings. The van der Waals surface area contributed by atoms with Crippen molar-refractivity contribution in [3.05, 3.63) is 0 Å². The van der Waals surface area contributed by atoms with Gasteiger partial charge in [0.1, 0.15) is 12.7 Å². The fraction of sp³-hybridized carbons (Fsp3) is 0.789. The van der Waals surface area contributed by atoms with Crippen LogP contribution in [0.1, 0.15) is 84.0 Å². The Morgan fingerprint density at radius 2 is 1.11 bits per heavy atom. The Kier molecular flexibility index (Phi) is 15.7. The number of carbonyl (C=O) groups excluding carboxylic acids is 2. The van der Waals surface area contributed by atoms with Crippen LogP contribution in [-0.4, -0.2) is 46.8 Å². The van der Waals surface area contributed by atoms with E-state index >= 15 is 0 Å². The van der Waals surface area contributed by atoms with Crippen molar-refractivity contribution >= 4 is 23.9 Å². The molecule has 0 aromatic heterocycles. The summed E-state index contributed by atoms with van der Waals surface area (Å²) in [5, 5.41) is 17.0. The molecule has 0 aromatic carbocycles. The normalized spacial score (nSPS) is 11.6. The molecule has 0 fully saturated rings. The molecule has 9 nitrogen and oxygen atoms in total. The van der Waals surface area contributed by atoms with E-state index in [4.69, 9.17) is 19.8 Å². The standard InChI is InChI=1S/C19H32O9/c1-15(27-18(24)12-8-4-2-6-10-16(20)21)14-26-28-19(25)13-9-5-3-7-11-17(22)23/h15H,2-14H2,1H3,(H,20,21)(H,22,23). The second kappa shape index (κ2) is 17.0. The van der Waals surface area contributed by atoms with Gasteiger partial charge in [-0.3, -0.25) is 19.3 Å². The Labute approximate surface area is 165 Å². The van der Waals surface area contributed by atoms with Crippen molar-refractivity contribution in [2.45, 2.75) is 90.1 Å². The molecule has 2 N–H and O–H groups in total. The first-order valence-corrected chi connectivity index (χ1v) is 9.76. The Morgan fingerprint density at radius 3 is 1.57 bits per heavy atom. The number of carboxylic acids is 2. The molecule has 1 atom stereocenters. The van der Waals surface area contributed by atoms with E-state index in [1.165, 1.54) is 0 Å². The van der Waals surface area contributed by atoms with Crippen molar-refractivity contribution in [3.8, 4) is 0 Å². The first kappa shape index (κ1) is 25.8. The molecule has 0 amide bonds. The van der Waals surface area contributed by atoms with Crippen LogP contribution in [0.5, 0.6) is 0 Å². The van der Waals surface area contributed by atoms with Gasteiger partial charge in [-0.05, 0) is 32.6 Å². The third-order valence-electron chi connectivity index (χ3n) is 3.83. The fourth-order valence-corrected chi connectivity index (χ4v) is 2.35. The molecule has 0 spiro atoms. The quantitative estimate of drug-likeness (QED) is 0.153. The average Bonchev–Trinajstić information content (AvgIpc) is 2.60. The minimum absolute atomic E-state index is 0.0608. The molecule has 0 aliphatic carbocycles. The predicted molar refractivity (Wildman–Crippen MR) is 98.3 cm³/mol. The zero-order valence-corrected chi connectivity index (χ0v) is 16.5. The van der Waals surface area contributed by atoms with Gasteiger partial charge in [-0.25, -0.2) is 4.79 Å².